The molecule has 0 unspecified atom stereocenters. The maximum Gasteiger partial charge on any atom is 1.00 e. The van der Waals surface area contributed by atoms with Crippen molar-refractivity contribution in [2.75, 3.05) is 0 Å². The summed E-state index contributed by atoms with van der Waals surface area (Å²) in [5.74, 6) is 0. The first-order valence-electron chi connectivity index (χ1n) is 2.05. The number of hydrogen-bond acceptors (Lipinski definition) is 3. The van der Waals surface area contributed by atoms with E-state index in [-0.39, 0.29) is 18.9 Å². The van der Waals surface area contributed by atoms with E-state index in [4.69, 9.17) is 0 Å². The van der Waals surface area contributed by atoms with Crippen LogP contribution < -0.4 is 18.9 Å². The maximum absolute atomic E-state index is 9.84. The van der Waals surface area contributed by atoms with Crippen LogP contribution >= 0.6 is 0 Å². The molecule has 0 aromatic heterocycles. The Kier molecular flexibility index (Phi) is 2.55. The molecule has 5 heteroatoms. The molecule has 0 amide bonds. The molecule has 0 radical (unpaired) electrons. The zero-order valence-corrected chi connectivity index (χ0v) is 5.44. The molecule has 1 aliphatic carbocycles. The molecular weight excluding hydrogens is 123 g/mol. The van der Waals surface area contributed by atoms with Crippen LogP contribution in [0.4, 0.5) is 0 Å². The molecule has 0 N–H and O–H groups in total. The first kappa shape index (κ1) is 8.51. The fourth-order valence-electron chi connectivity index (χ4n) is 0.357. The minimum atomic E-state index is -3.88. The minimum Gasteiger partial charge on any atom is -0.748 e. The third kappa shape index (κ3) is 2.18. The Balaban J connectivity index is 0.000000490. The summed E-state index contributed by atoms with van der Waals surface area (Å²) < 4.78 is 29.5. The monoisotopic (exact) mass is 128 g/mol. The van der Waals surface area contributed by atoms with E-state index in [0.29, 0.717) is 12.8 Å². The Hall–Kier alpha value is 0.507. The Morgan fingerprint density at radius 2 is 1.75 bits per heavy atom. The van der Waals surface area contributed by atoms with Gasteiger partial charge in [-0.05, 0) is 12.8 Å². The van der Waals surface area contributed by atoms with Crippen molar-refractivity contribution >= 4 is 10.1 Å². The predicted molar refractivity (Wildman–Crippen MR) is 22.7 cm³/mol. The Morgan fingerprint density at radius 1 is 1.38 bits per heavy atom. The van der Waals surface area contributed by atoms with Crippen LogP contribution in [-0.2, 0) is 10.1 Å². The number of rotatable bonds is 1. The SMILES string of the molecule is O=S(=O)([O-])C1CC1.[Li+]. The number of hydrogen-bond donors (Lipinski definition) is 0. The smallest absolute Gasteiger partial charge is 0.748 e. The molecule has 0 spiro atoms. The van der Waals surface area contributed by atoms with Crippen LogP contribution in [0.5, 0.6) is 0 Å². The van der Waals surface area contributed by atoms with Crippen LogP contribution in [0.2, 0.25) is 0 Å². The summed E-state index contributed by atoms with van der Waals surface area (Å²) in [6.07, 6.45) is 1.15. The van der Waals surface area contributed by atoms with Gasteiger partial charge in [0, 0.05) is 5.25 Å². The zero-order chi connectivity index (χ0) is 5.49. The van der Waals surface area contributed by atoms with Crippen molar-refractivity contribution < 1.29 is 31.8 Å². The summed E-state index contributed by atoms with van der Waals surface area (Å²) >= 11 is 0. The van der Waals surface area contributed by atoms with E-state index >= 15 is 0 Å². The maximum atomic E-state index is 9.84. The molecule has 0 bridgehead atoms. The van der Waals surface area contributed by atoms with Crippen molar-refractivity contribution in [2.24, 2.45) is 0 Å². The standard InChI is InChI=1S/C3H6O3S.Li/c4-7(5,6)3-1-2-3;/h3H,1-2H2,(H,4,5,6);/q;+1/p-1. The molecule has 1 saturated carbocycles. The molecule has 0 aromatic carbocycles. The van der Waals surface area contributed by atoms with Crippen LogP contribution in [-0.4, -0.2) is 18.2 Å². The van der Waals surface area contributed by atoms with Gasteiger partial charge in [0.2, 0.25) is 0 Å². The quantitative estimate of drug-likeness (QED) is 0.274. The van der Waals surface area contributed by atoms with Gasteiger partial charge in [-0.15, -0.1) is 0 Å². The van der Waals surface area contributed by atoms with Gasteiger partial charge in [0.1, 0.15) is 0 Å². The van der Waals surface area contributed by atoms with Crippen molar-refractivity contribution in [3.05, 3.63) is 0 Å². The topological polar surface area (TPSA) is 57.2 Å². The molecule has 42 valence electrons. The second kappa shape index (κ2) is 2.40. The summed E-state index contributed by atoms with van der Waals surface area (Å²) in [4.78, 5) is 0. The van der Waals surface area contributed by atoms with Gasteiger partial charge in [0.05, 0.1) is 10.1 Å². The first-order chi connectivity index (χ1) is 3.11. The van der Waals surface area contributed by atoms with Crippen LogP contribution in [0.3, 0.4) is 0 Å². The molecule has 1 aliphatic rings. The normalized spacial score (nSPS) is 19.6. The fourth-order valence-corrected chi connectivity index (χ4v) is 1.07. The average Bonchev–Trinajstić information content (AvgIpc) is 1.99. The Morgan fingerprint density at radius 3 is 1.75 bits per heavy atom. The van der Waals surface area contributed by atoms with Gasteiger partial charge in [0.25, 0.3) is 0 Å². The van der Waals surface area contributed by atoms with Crippen molar-refractivity contribution in [2.45, 2.75) is 18.1 Å². The van der Waals surface area contributed by atoms with Crippen molar-refractivity contribution in [3.63, 3.8) is 0 Å². The van der Waals surface area contributed by atoms with E-state index < -0.39 is 15.4 Å². The van der Waals surface area contributed by atoms with E-state index in [0.717, 1.165) is 0 Å². The Labute approximate surface area is 60.4 Å². The third-order valence-electron chi connectivity index (χ3n) is 0.933. The molecule has 0 saturated heterocycles. The molecule has 1 rings (SSSR count). The van der Waals surface area contributed by atoms with Gasteiger partial charge < -0.3 is 4.55 Å². The van der Waals surface area contributed by atoms with Gasteiger partial charge in [-0.2, -0.15) is 0 Å². The van der Waals surface area contributed by atoms with E-state index in [2.05, 4.69) is 0 Å². The van der Waals surface area contributed by atoms with E-state index in [1.54, 1.807) is 0 Å². The summed E-state index contributed by atoms with van der Waals surface area (Å²) in [6, 6.07) is 0. The molecule has 0 aromatic rings. The molecule has 0 heterocycles. The molecule has 1 fully saturated rings. The van der Waals surface area contributed by atoms with Gasteiger partial charge in [0.15, 0.2) is 0 Å². The minimum absolute atomic E-state index is 0. The summed E-state index contributed by atoms with van der Waals surface area (Å²) in [5.41, 5.74) is 0. The largest absolute Gasteiger partial charge is 1.00 e. The van der Waals surface area contributed by atoms with E-state index in [1.165, 1.54) is 0 Å². The van der Waals surface area contributed by atoms with Crippen LogP contribution in [0.1, 0.15) is 12.8 Å². The van der Waals surface area contributed by atoms with Crippen molar-refractivity contribution in [3.8, 4) is 0 Å². The molecule has 8 heavy (non-hydrogen) atoms. The van der Waals surface area contributed by atoms with Crippen LogP contribution in [0, 0.1) is 0 Å². The molecule has 0 aliphatic heterocycles. The van der Waals surface area contributed by atoms with Gasteiger partial charge in [-0.25, -0.2) is 8.42 Å². The molecule has 0 atom stereocenters. The van der Waals surface area contributed by atoms with Crippen LogP contribution in [0.15, 0.2) is 0 Å². The average molecular weight is 128 g/mol. The van der Waals surface area contributed by atoms with Gasteiger partial charge in [-0.1, -0.05) is 0 Å². The zero-order valence-electron chi connectivity index (χ0n) is 4.62. The van der Waals surface area contributed by atoms with E-state index in [9.17, 15) is 13.0 Å². The Bertz CT molecular complexity index is 157. The second-order valence-electron chi connectivity index (χ2n) is 1.69. The molecular formula is C3H5LiO3S. The van der Waals surface area contributed by atoms with Crippen molar-refractivity contribution in [1.29, 1.82) is 0 Å². The first-order valence-corrected chi connectivity index (χ1v) is 3.52. The van der Waals surface area contributed by atoms with Gasteiger partial charge in [-0.3, -0.25) is 0 Å². The third-order valence-corrected chi connectivity index (χ3v) is 2.22. The van der Waals surface area contributed by atoms with Crippen molar-refractivity contribution in [1.82, 2.24) is 0 Å². The summed E-state index contributed by atoms with van der Waals surface area (Å²) in [7, 11) is -3.88. The summed E-state index contributed by atoms with van der Waals surface area (Å²) in [6.45, 7) is 0. The molecule has 3 nitrogen and oxygen atoms in total. The van der Waals surface area contributed by atoms with E-state index in [1.807, 2.05) is 0 Å². The second-order valence-corrected chi connectivity index (χ2v) is 3.34. The fraction of sp³-hybridized carbons (Fsp3) is 1.00. The summed E-state index contributed by atoms with van der Waals surface area (Å²) in [5, 5.41) is -0.535. The predicted octanol–water partition coefficient (Wildman–Crippen LogP) is -3.30. The van der Waals surface area contributed by atoms with Crippen LogP contribution in [0.25, 0.3) is 0 Å². The van der Waals surface area contributed by atoms with Gasteiger partial charge >= 0.3 is 18.9 Å².